The Morgan fingerprint density at radius 3 is 2.28 bits per heavy atom. The number of fused-ring (bicyclic) bond motifs is 1. The van der Waals surface area contributed by atoms with Gasteiger partial charge in [-0.1, -0.05) is 0 Å². The van der Waals surface area contributed by atoms with Crippen molar-refractivity contribution in [2.45, 2.75) is 124 Å². The van der Waals surface area contributed by atoms with E-state index < -0.39 is 80.2 Å². The van der Waals surface area contributed by atoms with Gasteiger partial charge in [0.25, 0.3) is 0 Å². The van der Waals surface area contributed by atoms with Crippen molar-refractivity contribution in [2.24, 2.45) is 22.9 Å². The van der Waals surface area contributed by atoms with Gasteiger partial charge < -0.3 is 77.7 Å². The summed E-state index contributed by atoms with van der Waals surface area (Å²) < 4.78 is 30.2. The van der Waals surface area contributed by atoms with Gasteiger partial charge in [-0.15, -0.1) is 0 Å². The first kappa shape index (κ1) is 31.3. The van der Waals surface area contributed by atoms with Gasteiger partial charge in [-0.05, 0) is 52.2 Å². The SMILES string of the molecule is CNC1C(O[C@H]2OC(CO)[C@@H](NCCCN)[C@H](O)C2O)O[C@H]2CC(N)[C@@H](O[C@H]3CC[C@H](N)CC3N)OC2C1O. The molecule has 15 heteroatoms. The normalized spacial score (nSPS) is 49.0. The number of nitrogens with one attached hydrogen (secondary N) is 2. The number of rotatable bonds is 10. The van der Waals surface area contributed by atoms with Gasteiger partial charge in [-0.25, -0.2) is 0 Å². The van der Waals surface area contributed by atoms with Gasteiger partial charge in [0.2, 0.25) is 0 Å². The molecule has 4 rings (SSSR count). The first-order valence-corrected chi connectivity index (χ1v) is 14.0. The van der Waals surface area contributed by atoms with Gasteiger partial charge in [0.15, 0.2) is 18.9 Å². The quantitative estimate of drug-likeness (QED) is 0.112. The van der Waals surface area contributed by atoms with Crippen LogP contribution in [0.3, 0.4) is 0 Å². The van der Waals surface area contributed by atoms with E-state index >= 15 is 0 Å². The van der Waals surface area contributed by atoms with Crippen LogP contribution in [-0.2, 0) is 23.7 Å². The van der Waals surface area contributed by atoms with E-state index in [1.165, 1.54) is 0 Å². The van der Waals surface area contributed by atoms with Crippen LogP contribution in [0.1, 0.15) is 32.1 Å². The molecular formula is C24H48N6O9. The van der Waals surface area contributed by atoms with Crippen molar-refractivity contribution in [3.63, 3.8) is 0 Å². The number of nitrogens with two attached hydrogens (primary N) is 4. The summed E-state index contributed by atoms with van der Waals surface area (Å²) in [6.07, 6.45) is -6.43. The van der Waals surface area contributed by atoms with Gasteiger partial charge in [0, 0.05) is 12.1 Å². The van der Waals surface area contributed by atoms with E-state index in [4.69, 9.17) is 46.6 Å². The van der Waals surface area contributed by atoms with E-state index in [0.29, 0.717) is 38.8 Å². The Bertz CT molecular complexity index is 757. The molecule has 3 saturated heterocycles. The fraction of sp³-hybridized carbons (Fsp3) is 1.00. The molecule has 3 heterocycles. The number of likely N-dealkylation sites (N-methyl/N-ethyl adjacent to an activating group) is 1. The molecule has 0 aromatic carbocycles. The third-order valence-corrected chi connectivity index (χ3v) is 8.25. The highest BCUT2D eigenvalue weighted by molar-refractivity contribution is 5.00. The Kier molecular flexibility index (Phi) is 11.3. The van der Waals surface area contributed by atoms with Crippen molar-refractivity contribution >= 4 is 0 Å². The van der Waals surface area contributed by atoms with Crippen molar-refractivity contribution in [1.82, 2.24) is 10.6 Å². The molecule has 39 heavy (non-hydrogen) atoms. The smallest absolute Gasteiger partial charge is 0.189 e. The average molecular weight is 565 g/mol. The van der Waals surface area contributed by atoms with Crippen LogP contribution in [0.2, 0.25) is 0 Å². The molecule has 15 atom stereocenters. The van der Waals surface area contributed by atoms with E-state index in [1.54, 1.807) is 7.05 Å². The lowest BCUT2D eigenvalue weighted by Crippen LogP contribution is -2.70. The highest BCUT2D eigenvalue weighted by atomic mass is 16.8. The topological polar surface area (TPSA) is 255 Å². The van der Waals surface area contributed by atoms with Crippen LogP contribution in [0.4, 0.5) is 0 Å². The summed E-state index contributed by atoms with van der Waals surface area (Å²) in [7, 11) is 1.63. The molecule has 14 N–H and O–H groups in total. The fourth-order valence-electron chi connectivity index (χ4n) is 5.98. The second-order valence-electron chi connectivity index (χ2n) is 11.1. The minimum Gasteiger partial charge on any atom is -0.394 e. The van der Waals surface area contributed by atoms with Crippen LogP contribution in [0.15, 0.2) is 0 Å². The molecule has 0 radical (unpaired) electrons. The van der Waals surface area contributed by atoms with E-state index in [1.807, 2.05) is 0 Å². The summed E-state index contributed by atoms with van der Waals surface area (Å²) in [6, 6.07) is -2.24. The van der Waals surface area contributed by atoms with Crippen molar-refractivity contribution < 1.29 is 44.1 Å². The van der Waals surface area contributed by atoms with Crippen molar-refractivity contribution in [2.75, 3.05) is 26.7 Å². The van der Waals surface area contributed by atoms with Crippen molar-refractivity contribution in [3.05, 3.63) is 0 Å². The predicted molar refractivity (Wildman–Crippen MR) is 138 cm³/mol. The van der Waals surface area contributed by atoms with Gasteiger partial charge in [0.05, 0.1) is 36.9 Å². The maximum absolute atomic E-state index is 11.2. The summed E-state index contributed by atoms with van der Waals surface area (Å²) >= 11 is 0. The Hall–Kier alpha value is -0.600. The van der Waals surface area contributed by atoms with Gasteiger partial charge in [-0.2, -0.15) is 0 Å². The molecular weight excluding hydrogens is 516 g/mol. The van der Waals surface area contributed by atoms with Gasteiger partial charge in [-0.3, -0.25) is 0 Å². The zero-order valence-electron chi connectivity index (χ0n) is 22.5. The van der Waals surface area contributed by atoms with E-state index in [9.17, 15) is 20.4 Å². The second kappa shape index (κ2) is 14.0. The van der Waals surface area contributed by atoms with E-state index in [-0.39, 0.29) is 18.2 Å². The first-order chi connectivity index (χ1) is 18.7. The summed E-state index contributed by atoms with van der Waals surface area (Å²) in [5, 5.41) is 48.7. The molecule has 8 unspecified atom stereocenters. The number of ether oxygens (including phenoxy) is 5. The third kappa shape index (κ3) is 7.07. The fourth-order valence-corrected chi connectivity index (χ4v) is 5.98. The molecule has 0 bridgehead atoms. The number of hydrogen-bond acceptors (Lipinski definition) is 15. The Balaban J connectivity index is 1.39. The zero-order valence-corrected chi connectivity index (χ0v) is 22.5. The molecule has 1 saturated carbocycles. The molecule has 0 amide bonds. The maximum atomic E-state index is 11.2. The minimum absolute atomic E-state index is 0.0470. The molecule has 1 aliphatic carbocycles. The van der Waals surface area contributed by atoms with Gasteiger partial charge in [0.1, 0.15) is 30.5 Å². The predicted octanol–water partition coefficient (Wildman–Crippen LogP) is -4.91. The lowest BCUT2D eigenvalue weighted by Gasteiger charge is -2.51. The summed E-state index contributed by atoms with van der Waals surface area (Å²) in [6.45, 7) is 0.510. The lowest BCUT2D eigenvalue weighted by atomic mass is 9.88. The Labute approximate surface area is 228 Å². The molecule has 4 fully saturated rings. The van der Waals surface area contributed by atoms with Gasteiger partial charge >= 0.3 is 0 Å². The molecule has 0 spiro atoms. The molecule has 228 valence electrons. The molecule has 0 aromatic heterocycles. The van der Waals surface area contributed by atoms with Crippen LogP contribution in [0.25, 0.3) is 0 Å². The summed E-state index contributed by atoms with van der Waals surface area (Å²) in [5.74, 6) is 0. The Morgan fingerprint density at radius 1 is 0.846 bits per heavy atom. The second-order valence-corrected chi connectivity index (χ2v) is 11.1. The van der Waals surface area contributed by atoms with Crippen molar-refractivity contribution in [1.29, 1.82) is 0 Å². The monoisotopic (exact) mass is 564 g/mol. The van der Waals surface area contributed by atoms with Crippen LogP contribution < -0.4 is 33.6 Å². The lowest BCUT2D eigenvalue weighted by molar-refractivity contribution is -0.372. The number of aliphatic hydroxyl groups is 4. The molecule has 3 aliphatic heterocycles. The minimum atomic E-state index is -1.45. The first-order valence-electron chi connectivity index (χ1n) is 14.0. The maximum Gasteiger partial charge on any atom is 0.189 e. The summed E-state index contributed by atoms with van der Waals surface area (Å²) in [5.41, 5.74) is 24.2. The van der Waals surface area contributed by atoms with Crippen molar-refractivity contribution in [3.8, 4) is 0 Å². The molecule has 15 nitrogen and oxygen atoms in total. The van der Waals surface area contributed by atoms with E-state index in [0.717, 1.165) is 6.42 Å². The van der Waals surface area contributed by atoms with Crippen LogP contribution >= 0.6 is 0 Å². The third-order valence-electron chi connectivity index (χ3n) is 8.25. The zero-order chi connectivity index (χ0) is 28.3. The summed E-state index contributed by atoms with van der Waals surface area (Å²) in [4.78, 5) is 0. The van der Waals surface area contributed by atoms with Crippen LogP contribution in [-0.4, -0.2) is 139 Å². The van der Waals surface area contributed by atoms with E-state index in [2.05, 4.69) is 10.6 Å². The number of aliphatic hydroxyl groups excluding tert-OH is 4. The Morgan fingerprint density at radius 2 is 1.62 bits per heavy atom. The highest BCUT2D eigenvalue weighted by Gasteiger charge is 2.53. The average Bonchev–Trinajstić information content (AvgIpc) is 2.90. The van der Waals surface area contributed by atoms with Crippen LogP contribution in [0, 0.1) is 0 Å². The van der Waals surface area contributed by atoms with Crippen LogP contribution in [0.5, 0.6) is 0 Å². The molecule has 4 aliphatic rings. The highest BCUT2D eigenvalue weighted by Crippen LogP contribution is 2.35. The number of hydrogen-bond donors (Lipinski definition) is 10. The standard InChI is InChI=1S/C24H48N6O9/c1-29-17-19(33)21-14(8-12(28)22(38-21)35-13-4-3-10(26)7-11(13)27)36-23(17)39-24-20(34)18(32)16(15(9-31)37-24)30-6-2-5-25/h10-24,29-34H,2-9,25-28H2,1H3/t10-,11?,12?,13-,14-,15?,16+,17?,18-,19?,20?,21?,22-,23?,24+/m0/s1. The molecule has 0 aromatic rings. The largest absolute Gasteiger partial charge is 0.394 e.